The second kappa shape index (κ2) is 34.1. The molecule has 0 radical (unpaired) electrons. The molecule has 23 nitrogen and oxygen atoms in total. The molecule has 0 spiro atoms. The number of allylic oxidation sites excluding steroid dienone is 7. The van der Waals surface area contributed by atoms with Crippen LogP contribution in [0.4, 0.5) is 16.2 Å². The molecule has 10 N–H and O–H groups in total. The molecule has 0 aromatic heterocycles. The summed E-state index contributed by atoms with van der Waals surface area (Å²) >= 11 is 0. The van der Waals surface area contributed by atoms with E-state index in [1.807, 2.05) is 42.5 Å². The monoisotopic (exact) mass is 1290 g/mol. The Bertz CT molecular complexity index is 3440. The molecule has 3 aromatic carbocycles. The SMILES string of the molecule is CCN1/C(=C/C=C2\CCCC(/C=C/C3=[N+](CCCS(=O)(=O)O)c4ccc(C(=O)NCCCCC(NC(=O)CCCCCCC(=O)NCCCC[C@@H](NC(=O)N[C@H](CCC(=O)O)C(=O)O)C(=O)O)C(=O)O)cc4C3(C)C)=C2Oc2ccccc2)C(C)(C)c2ccccc21. The molecule has 3 atom stereocenters. The first-order chi connectivity index (χ1) is 43.7. The van der Waals surface area contributed by atoms with Crippen molar-refractivity contribution in [2.75, 3.05) is 36.8 Å². The fourth-order valence-corrected chi connectivity index (χ4v) is 12.4. The summed E-state index contributed by atoms with van der Waals surface area (Å²) in [6.07, 6.45) is 14.4. The summed E-state index contributed by atoms with van der Waals surface area (Å²) in [5, 5.41) is 50.0. The highest BCUT2D eigenvalue weighted by Gasteiger charge is 2.45. The molecule has 1 aliphatic carbocycles. The number of carboxylic acids is 4. The fourth-order valence-electron chi connectivity index (χ4n) is 11.9. The van der Waals surface area contributed by atoms with E-state index in [1.165, 1.54) is 16.9 Å². The number of likely N-dealkylation sites (N-methyl/N-ethyl adjacent to an activating group) is 1. The number of anilines is 1. The van der Waals surface area contributed by atoms with E-state index in [0.29, 0.717) is 62.7 Å². The number of benzene rings is 3. The molecule has 498 valence electrons. The Hall–Kier alpha value is -8.64. The number of hydrogen-bond donors (Lipinski definition) is 10. The number of aliphatic carboxylic acids is 4. The molecule has 0 saturated carbocycles. The summed E-state index contributed by atoms with van der Waals surface area (Å²) in [7, 11) is -4.25. The quantitative estimate of drug-likeness (QED) is 0.0146. The van der Waals surface area contributed by atoms with Gasteiger partial charge in [-0.2, -0.15) is 13.0 Å². The predicted octanol–water partition coefficient (Wildman–Crippen LogP) is 9.21. The van der Waals surface area contributed by atoms with Gasteiger partial charge in [0.2, 0.25) is 17.5 Å². The molecule has 24 heteroatoms. The van der Waals surface area contributed by atoms with Gasteiger partial charge < -0.3 is 56.6 Å². The van der Waals surface area contributed by atoms with E-state index in [2.05, 4.69) is 119 Å². The summed E-state index contributed by atoms with van der Waals surface area (Å²) in [6.45, 7) is 12.4. The van der Waals surface area contributed by atoms with E-state index < -0.39 is 88.1 Å². The predicted molar refractivity (Wildman–Crippen MR) is 348 cm³/mol. The average molecular weight is 1290 g/mol. The molecule has 1 unspecified atom stereocenters. The third-order valence-corrected chi connectivity index (χ3v) is 17.7. The van der Waals surface area contributed by atoms with Crippen molar-refractivity contribution >= 4 is 74.8 Å². The van der Waals surface area contributed by atoms with Crippen LogP contribution in [0.2, 0.25) is 0 Å². The molecule has 2 heterocycles. The lowest BCUT2D eigenvalue weighted by Gasteiger charge is -2.26. The number of carbonyl (C=O) groups is 8. The van der Waals surface area contributed by atoms with E-state index >= 15 is 0 Å². The van der Waals surface area contributed by atoms with Crippen molar-refractivity contribution in [3.63, 3.8) is 0 Å². The third kappa shape index (κ3) is 21.0. The van der Waals surface area contributed by atoms with Crippen LogP contribution < -0.4 is 36.2 Å². The Morgan fingerprint density at radius 2 is 1.25 bits per heavy atom. The Morgan fingerprint density at radius 1 is 0.641 bits per heavy atom. The van der Waals surface area contributed by atoms with E-state index in [0.717, 1.165) is 59.7 Å². The molecular weight excluding hydrogens is 1200 g/mol. The third-order valence-electron chi connectivity index (χ3n) is 16.9. The minimum absolute atomic E-state index is 0.0119. The Balaban J connectivity index is 0.975. The maximum absolute atomic E-state index is 13.8. The topological polar surface area (TPSA) is 347 Å². The van der Waals surface area contributed by atoms with Gasteiger partial charge in [-0.1, -0.05) is 69.2 Å². The zero-order chi connectivity index (χ0) is 67.2. The second-order valence-corrected chi connectivity index (χ2v) is 26.0. The van der Waals surface area contributed by atoms with Gasteiger partial charge >= 0.3 is 29.9 Å². The van der Waals surface area contributed by atoms with Gasteiger partial charge in [-0.3, -0.25) is 23.7 Å². The minimum atomic E-state index is -4.25. The first-order valence-corrected chi connectivity index (χ1v) is 33.3. The molecule has 0 saturated heterocycles. The highest BCUT2D eigenvalue weighted by atomic mass is 32.2. The lowest BCUT2D eigenvalue weighted by Crippen LogP contribution is -2.51. The van der Waals surface area contributed by atoms with Crippen LogP contribution in [0.1, 0.15) is 172 Å². The number of urea groups is 1. The van der Waals surface area contributed by atoms with E-state index in [-0.39, 0.29) is 69.0 Å². The lowest BCUT2D eigenvalue weighted by molar-refractivity contribution is -0.437. The first kappa shape index (κ1) is 72.4. The largest absolute Gasteiger partial charge is 0.481 e. The number of carboxylic acid groups (broad SMARTS) is 4. The van der Waals surface area contributed by atoms with Crippen molar-refractivity contribution in [3.8, 4) is 5.75 Å². The van der Waals surface area contributed by atoms with Crippen LogP contribution in [0, 0.1) is 0 Å². The van der Waals surface area contributed by atoms with Gasteiger partial charge in [0.1, 0.15) is 36.2 Å². The van der Waals surface area contributed by atoms with Crippen molar-refractivity contribution in [2.45, 2.75) is 179 Å². The Labute approximate surface area is 538 Å². The molecule has 3 aromatic rings. The van der Waals surface area contributed by atoms with E-state index in [9.17, 15) is 66.6 Å². The molecule has 2 aliphatic heterocycles. The van der Waals surface area contributed by atoms with Crippen molar-refractivity contribution in [1.29, 1.82) is 0 Å². The molecule has 0 bridgehead atoms. The number of hydrogen-bond acceptors (Lipinski definition) is 12. The van der Waals surface area contributed by atoms with Crippen LogP contribution in [0.15, 0.2) is 120 Å². The van der Waals surface area contributed by atoms with Crippen LogP contribution in [0.5, 0.6) is 5.75 Å². The Morgan fingerprint density at radius 3 is 1.88 bits per heavy atom. The van der Waals surface area contributed by atoms with Gasteiger partial charge in [0.15, 0.2) is 5.71 Å². The lowest BCUT2D eigenvalue weighted by atomic mass is 9.80. The maximum Gasteiger partial charge on any atom is 0.326 e. The van der Waals surface area contributed by atoms with Crippen molar-refractivity contribution in [2.24, 2.45) is 0 Å². The molecule has 3 aliphatic rings. The average Bonchev–Trinajstić information content (AvgIpc) is 1.60. The maximum atomic E-state index is 13.8. The van der Waals surface area contributed by atoms with Crippen LogP contribution in [0.3, 0.4) is 0 Å². The fraction of sp³-hybridized carbons (Fsp3) is 0.485. The normalized spacial score (nSPS) is 16.8. The number of rotatable bonds is 37. The van der Waals surface area contributed by atoms with Gasteiger partial charge in [0.05, 0.1) is 11.2 Å². The van der Waals surface area contributed by atoms with Crippen molar-refractivity contribution < 1.29 is 81.1 Å². The first-order valence-electron chi connectivity index (χ1n) is 31.7. The standard InChI is InChI=1S/C68H89N7O16S/c1-6-74-54-29-15-14-26-49(54)67(2,3)56(74)37-33-45-22-20-23-46(61(45)91-48-24-10-9-11-25-48)34-38-57-68(4,5)50-44-47(32-36-55(50)75(57)42-21-43-92(88,89)90)62(80)70-41-19-17-27-51(63(81)82)71-59(77)31-13-8-7-12-30-58(76)69-40-18-16-28-52(64(83)84)72-66(87)73-53(65(85)86)35-39-60(78)79/h9-11,14-15,24-26,29,32-34,36-38,44,51-53H,6-8,12-13,16-23,27-28,30-31,35,39-43H2,1-5H3,(H9-,69,70,71,72,73,76,77,78,79,80,81,82,83,84,85,86,87,88,89,90)/p+1/t51?,52-,53-/m1/s1. The zero-order valence-electron chi connectivity index (χ0n) is 53.3. The van der Waals surface area contributed by atoms with Crippen LogP contribution in [-0.4, -0.2) is 141 Å². The molecule has 5 amide bonds. The number of unbranched alkanes of at least 4 members (excludes halogenated alkanes) is 5. The van der Waals surface area contributed by atoms with Gasteiger partial charge in [0, 0.05) is 85.4 Å². The summed E-state index contributed by atoms with van der Waals surface area (Å²) in [6, 6.07) is 18.6. The number of amides is 5. The van der Waals surface area contributed by atoms with Crippen LogP contribution in [-0.2, 0) is 49.7 Å². The van der Waals surface area contributed by atoms with Crippen LogP contribution in [0.25, 0.3) is 0 Å². The van der Waals surface area contributed by atoms with E-state index in [4.69, 9.17) is 9.84 Å². The van der Waals surface area contributed by atoms with Gasteiger partial charge in [-0.15, -0.1) is 0 Å². The number of nitrogens with zero attached hydrogens (tertiary/aromatic N) is 2. The van der Waals surface area contributed by atoms with E-state index in [1.54, 1.807) is 6.07 Å². The van der Waals surface area contributed by atoms with Crippen molar-refractivity contribution in [3.05, 3.63) is 136 Å². The minimum Gasteiger partial charge on any atom is -0.481 e. The number of fused-ring (bicyclic) bond motifs is 2. The number of para-hydroxylation sites is 2. The smallest absolute Gasteiger partial charge is 0.326 e. The molecule has 6 rings (SSSR count). The molecule has 0 fully saturated rings. The summed E-state index contributed by atoms with van der Waals surface area (Å²) in [5.74, 6) is -5.19. The van der Waals surface area contributed by atoms with Gasteiger partial charge in [-0.25, -0.2) is 19.2 Å². The molecule has 92 heavy (non-hydrogen) atoms. The highest BCUT2D eigenvalue weighted by Crippen LogP contribution is 2.48. The summed E-state index contributed by atoms with van der Waals surface area (Å²) < 4.78 is 42.5. The Kier molecular flexibility index (Phi) is 26.9. The van der Waals surface area contributed by atoms with Crippen molar-refractivity contribution in [1.82, 2.24) is 26.6 Å². The van der Waals surface area contributed by atoms with Gasteiger partial charge in [0.25, 0.3) is 16.0 Å². The van der Waals surface area contributed by atoms with Crippen LogP contribution >= 0.6 is 0 Å². The number of nitrogens with one attached hydrogen (secondary N) is 5. The summed E-state index contributed by atoms with van der Waals surface area (Å²) in [5.41, 5.74) is 7.75. The second-order valence-electron chi connectivity index (χ2n) is 24.4. The number of carbonyl (C=O) groups excluding carboxylic acids is 4. The molecular formula is C68H90N7O16S+. The summed E-state index contributed by atoms with van der Waals surface area (Å²) in [4.78, 5) is 99.5. The zero-order valence-corrected chi connectivity index (χ0v) is 54.1. The van der Waals surface area contributed by atoms with Gasteiger partial charge in [-0.05, 0) is 157 Å². The highest BCUT2D eigenvalue weighted by molar-refractivity contribution is 7.85. The number of ether oxygens (including phenoxy) is 1.